The van der Waals surface area contributed by atoms with Gasteiger partial charge in [0, 0.05) is 0 Å². The molecule has 2 unspecified atom stereocenters. The maximum Gasteiger partial charge on any atom is 0.108 e. The van der Waals surface area contributed by atoms with Crippen molar-refractivity contribution >= 4 is 0 Å². The first-order valence-corrected chi connectivity index (χ1v) is 21.1. The highest BCUT2D eigenvalue weighted by Crippen LogP contribution is 2.35. The van der Waals surface area contributed by atoms with E-state index in [4.69, 9.17) is 37.9 Å². The Kier molecular flexibility index (Phi) is 16.3. The Morgan fingerprint density at radius 1 is 0.431 bits per heavy atom. The molecule has 8 nitrogen and oxygen atoms in total. The first kappa shape index (κ1) is 42.2. The molecule has 3 saturated heterocycles. The van der Waals surface area contributed by atoms with Crippen LogP contribution in [0.15, 0.2) is 147 Å². The maximum atomic E-state index is 7.03. The van der Waals surface area contributed by atoms with Gasteiger partial charge in [-0.2, -0.15) is 0 Å². The van der Waals surface area contributed by atoms with E-state index in [0.29, 0.717) is 39.6 Å². The van der Waals surface area contributed by atoms with E-state index in [1.54, 1.807) is 0 Å². The van der Waals surface area contributed by atoms with E-state index in [0.717, 1.165) is 60.8 Å². The maximum absolute atomic E-state index is 7.03. The molecule has 0 spiro atoms. The van der Waals surface area contributed by atoms with Crippen molar-refractivity contribution in [3.63, 3.8) is 0 Å². The van der Waals surface area contributed by atoms with Gasteiger partial charge >= 0.3 is 0 Å². The predicted molar refractivity (Wildman–Crippen MR) is 225 cm³/mol. The van der Waals surface area contributed by atoms with E-state index in [-0.39, 0.29) is 61.0 Å². The summed E-state index contributed by atoms with van der Waals surface area (Å²) in [6.07, 6.45) is 5.97. The molecule has 10 atom stereocenters. The van der Waals surface area contributed by atoms with Crippen molar-refractivity contribution in [2.45, 2.75) is 126 Å². The van der Waals surface area contributed by atoms with E-state index in [1.807, 2.05) is 84.9 Å². The van der Waals surface area contributed by atoms with Crippen molar-refractivity contribution in [2.24, 2.45) is 0 Å². The molecular formula is C50H60O8. The van der Waals surface area contributed by atoms with Gasteiger partial charge in [-0.05, 0) is 60.8 Å². The lowest BCUT2D eigenvalue weighted by atomic mass is 10.0. The standard InChI is InChI=1S/C50H60O8/c1-3-41-46(57-45-27-25-43(53-33-39-21-13-7-14-22-39)49(56-42(45)4-2)35-51-31-37-17-9-5-10-18-37)29-30-48-47(55-41)28-26-44(54-34-40-23-15-8-16-24-40)50(58-48)36-52-32-38-19-11-6-12-20-38/h3-24,41-50H,1-2,25-36H2/t41-,42+,43+,44-,45-,46+,47?,48?,49-,50+/m0/s1. The minimum Gasteiger partial charge on any atom is -0.374 e. The van der Waals surface area contributed by atoms with Crippen molar-refractivity contribution in [2.75, 3.05) is 13.2 Å². The molecule has 0 N–H and O–H groups in total. The van der Waals surface area contributed by atoms with E-state index in [9.17, 15) is 0 Å². The lowest BCUT2D eigenvalue weighted by Crippen LogP contribution is -2.41. The molecule has 0 aromatic heterocycles. The highest BCUT2D eigenvalue weighted by Gasteiger charge is 2.42. The molecule has 0 amide bonds. The Labute approximate surface area is 345 Å². The second kappa shape index (κ2) is 22.4. The summed E-state index contributed by atoms with van der Waals surface area (Å²) in [4.78, 5) is 0. The van der Waals surface area contributed by atoms with Crippen molar-refractivity contribution < 1.29 is 37.9 Å². The first-order valence-electron chi connectivity index (χ1n) is 21.1. The molecule has 3 aliphatic rings. The molecule has 0 saturated carbocycles. The third-order valence-corrected chi connectivity index (χ3v) is 11.4. The quantitative estimate of drug-likeness (QED) is 0.0925. The fourth-order valence-electron chi connectivity index (χ4n) is 8.24. The molecule has 0 bridgehead atoms. The molecule has 0 radical (unpaired) electrons. The summed E-state index contributed by atoms with van der Waals surface area (Å²) >= 11 is 0. The van der Waals surface area contributed by atoms with Gasteiger partial charge in [0.1, 0.15) is 24.4 Å². The second-order valence-electron chi connectivity index (χ2n) is 15.6. The zero-order chi connectivity index (χ0) is 39.8. The van der Waals surface area contributed by atoms with Crippen molar-refractivity contribution in [3.05, 3.63) is 169 Å². The summed E-state index contributed by atoms with van der Waals surface area (Å²) in [5, 5.41) is 0. The van der Waals surface area contributed by atoms with E-state index in [1.165, 1.54) is 0 Å². The molecular weight excluding hydrogens is 729 g/mol. The highest BCUT2D eigenvalue weighted by molar-refractivity contribution is 5.16. The van der Waals surface area contributed by atoms with Gasteiger partial charge < -0.3 is 37.9 Å². The van der Waals surface area contributed by atoms with Gasteiger partial charge in [0.05, 0.1) is 76.3 Å². The average Bonchev–Trinajstić information content (AvgIpc) is 3.63. The van der Waals surface area contributed by atoms with E-state index < -0.39 is 0 Å². The zero-order valence-corrected chi connectivity index (χ0v) is 33.6. The van der Waals surface area contributed by atoms with Gasteiger partial charge in [-0.1, -0.05) is 133 Å². The molecule has 3 heterocycles. The fraction of sp³-hybridized carbons (Fsp3) is 0.440. The van der Waals surface area contributed by atoms with Crippen molar-refractivity contribution in [1.82, 2.24) is 0 Å². The molecule has 0 aliphatic carbocycles. The van der Waals surface area contributed by atoms with Gasteiger partial charge in [0.2, 0.25) is 0 Å². The Hall–Kier alpha value is -3.96. The van der Waals surface area contributed by atoms with Crippen LogP contribution >= 0.6 is 0 Å². The number of hydrogen-bond acceptors (Lipinski definition) is 8. The van der Waals surface area contributed by atoms with E-state index >= 15 is 0 Å². The van der Waals surface area contributed by atoms with Gasteiger partial charge in [0.15, 0.2) is 0 Å². The van der Waals surface area contributed by atoms with Crippen LogP contribution in [0, 0.1) is 0 Å². The van der Waals surface area contributed by atoms with Crippen LogP contribution in [0.4, 0.5) is 0 Å². The van der Waals surface area contributed by atoms with Crippen molar-refractivity contribution in [3.8, 4) is 0 Å². The summed E-state index contributed by atoms with van der Waals surface area (Å²) < 4.78 is 53.3. The number of hydrogen-bond donors (Lipinski definition) is 0. The fourth-order valence-corrected chi connectivity index (χ4v) is 8.24. The van der Waals surface area contributed by atoms with Crippen molar-refractivity contribution in [1.29, 1.82) is 0 Å². The topological polar surface area (TPSA) is 73.8 Å². The average molecular weight is 789 g/mol. The Morgan fingerprint density at radius 3 is 1.26 bits per heavy atom. The van der Waals surface area contributed by atoms with Gasteiger partial charge in [-0.25, -0.2) is 0 Å². The minimum absolute atomic E-state index is 0.138. The van der Waals surface area contributed by atoms with E-state index in [2.05, 4.69) is 61.7 Å². The van der Waals surface area contributed by atoms with Crippen LogP contribution < -0.4 is 0 Å². The SMILES string of the molecule is C=C[C@@H]1OC2CC[C@H](OCc3ccccc3)[C@@H](COCc3ccccc3)OC2CC[C@H]1O[C@H]1CC[C@@H](OCc2ccccc2)[C@H](COCc2ccccc2)O[C@@H]1C=C. The second-order valence-corrected chi connectivity index (χ2v) is 15.6. The number of fused-ring (bicyclic) bond motifs is 1. The number of rotatable bonds is 18. The molecule has 3 aliphatic heterocycles. The van der Waals surface area contributed by atoms with Crippen LogP contribution in [0.25, 0.3) is 0 Å². The monoisotopic (exact) mass is 788 g/mol. The lowest BCUT2D eigenvalue weighted by Gasteiger charge is -2.32. The molecule has 8 heteroatoms. The summed E-state index contributed by atoms with van der Waals surface area (Å²) in [5.74, 6) is 0. The van der Waals surface area contributed by atoms with Crippen LogP contribution in [0.5, 0.6) is 0 Å². The number of benzene rings is 4. The third kappa shape index (κ3) is 12.3. The van der Waals surface area contributed by atoms with Gasteiger partial charge in [-0.15, -0.1) is 13.2 Å². The molecule has 3 fully saturated rings. The molecule has 58 heavy (non-hydrogen) atoms. The largest absolute Gasteiger partial charge is 0.374 e. The van der Waals surface area contributed by atoms with Gasteiger partial charge in [0.25, 0.3) is 0 Å². The molecule has 7 rings (SSSR count). The normalized spacial score (nSPS) is 29.0. The van der Waals surface area contributed by atoms with Crippen LogP contribution in [0.1, 0.15) is 60.8 Å². The minimum atomic E-state index is -0.361. The Balaban J connectivity index is 1.01. The molecule has 308 valence electrons. The summed E-state index contributed by atoms with van der Waals surface area (Å²) in [6.45, 7) is 11.2. The zero-order valence-electron chi connectivity index (χ0n) is 33.6. The van der Waals surface area contributed by atoms with Gasteiger partial charge in [-0.3, -0.25) is 0 Å². The van der Waals surface area contributed by atoms with Crippen LogP contribution in [-0.4, -0.2) is 74.3 Å². The Bertz CT molecular complexity index is 1760. The smallest absolute Gasteiger partial charge is 0.108 e. The van der Waals surface area contributed by atoms with Crippen LogP contribution in [0.3, 0.4) is 0 Å². The highest BCUT2D eigenvalue weighted by atomic mass is 16.6. The number of ether oxygens (including phenoxy) is 8. The summed E-state index contributed by atoms with van der Waals surface area (Å²) in [5.41, 5.74) is 4.49. The first-order chi connectivity index (χ1) is 28.6. The summed E-state index contributed by atoms with van der Waals surface area (Å²) in [7, 11) is 0. The molecule has 4 aromatic carbocycles. The summed E-state index contributed by atoms with van der Waals surface area (Å²) in [6, 6.07) is 41.0. The third-order valence-electron chi connectivity index (χ3n) is 11.4. The predicted octanol–water partition coefficient (Wildman–Crippen LogP) is 9.36. The molecule has 4 aromatic rings. The van der Waals surface area contributed by atoms with Crippen LogP contribution in [-0.2, 0) is 64.3 Å². The lowest BCUT2D eigenvalue weighted by molar-refractivity contribution is -0.160. The Morgan fingerprint density at radius 2 is 0.793 bits per heavy atom. The van der Waals surface area contributed by atoms with Crippen LogP contribution in [0.2, 0.25) is 0 Å².